The van der Waals surface area contributed by atoms with Crippen LogP contribution >= 0.6 is 0 Å². The van der Waals surface area contributed by atoms with Crippen LogP contribution in [0.15, 0.2) is 42.6 Å². The van der Waals surface area contributed by atoms with Crippen molar-refractivity contribution >= 4 is 11.5 Å². The predicted octanol–water partition coefficient (Wildman–Crippen LogP) is 4.14. The number of halogens is 1. The van der Waals surface area contributed by atoms with Crippen molar-refractivity contribution in [2.75, 3.05) is 26.7 Å². The molecular weight excluding hydrogens is 433 g/mol. The highest BCUT2D eigenvalue weighted by Gasteiger charge is 2.34. The highest BCUT2D eigenvalue weighted by molar-refractivity contribution is 5.97. The minimum atomic E-state index is -0.312. The van der Waals surface area contributed by atoms with Gasteiger partial charge in [0.15, 0.2) is 0 Å². The van der Waals surface area contributed by atoms with E-state index in [0.29, 0.717) is 31.1 Å². The number of pyridine rings is 1. The number of aliphatic hydroxyl groups is 1. The minimum absolute atomic E-state index is 0.0146. The average molecular weight is 468 g/mol. The molecule has 6 nitrogen and oxygen atoms in total. The van der Waals surface area contributed by atoms with Gasteiger partial charge < -0.3 is 14.7 Å². The lowest BCUT2D eigenvalue weighted by molar-refractivity contribution is 0.0325. The van der Waals surface area contributed by atoms with Crippen LogP contribution in [-0.4, -0.2) is 64.7 Å². The minimum Gasteiger partial charge on any atom is -0.472 e. The Balaban J connectivity index is 1.61. The molecule has 0 fully saturated rings. The Bertz CT molecular complexity index is 1040. The lowest BCUT2D eigenvalue weighted by atomic mass is 9.99. The molecule has 1 N–H and O–H groups in total. The van der Waals surface area contributed by atoms with Crippen molar-refractivity contribution < 1.29 is 19.0 Å². The van der Waals surface area contributed by atoms with Crippen LogP contribution in [0, 0.1) is 11.7 Å². The van der Waals surface area contributed by atoms with Crippen molar-refractivity contribution in [2.24, 2.45) is 5.92 Å². The number of carbonyl (C=O) groups is 1. The largest absolute Gasteiger partial charge is 0.472 e. The van der Waals surface area contributed by atoms with Crippen molar-refractivity contribution in [3.8, 4) is 5.88 Å². The lowest BCUT2D eigenvalue weighted by Crippen LogP contribution is -2.49. The van der Waals surface area contributed by atoms with E-state index in [9.17, 15) is 14.3 Å². The Labute approximate surface area is 201 Å². The summed E-state index contributed by atoms with van der Waals surface area (Å²) in [6, 6.07) is 8.09. The molecule has 7 heteroatoms. The summed E-state index contributed by atoms with van der Waals surface area (Å²) in [5, 5.41) is 9.84. The van der Waals surface area contributed by atoms with E-state index in [2.05, 4.69) is 22.9 Å². The van der Waals surface area contributed by atoms with Gasteiger partial charge in [-0.05, 0) is 68.1 Å². The summed E-state index contributed by atoms with van der Waals surface area (Å²) in [6.07, 6.45) is 6.94. The lowest BCUT2D eigenvalue weighted by Gasteiger charge is -2.37. The monoisotopic (exact) mass is 467 g/mol. The Kier molecular flexibility index (Phi) is 7.63. The molecule has 2 aromatic rings. The van der Waals surface area contributed by atoms with Gasteiger partial charge >= 0.3 is 0 Å². The third kappa shape index (κ3) is 5.47. The zero-order valence-electron chi connectivity index (χ0n) is 20.2. The van der Waals surface area contributed by atoms with Crippen LogP contribution in [0.1, 0.15) is 54.6 Å². The first-order valence-electron chi connectivity index (χ1n) is 12.1. The number of ether oxygens (including phenoxy) is 1. The number of likely N-dealkylation sites (N-methyl/N-ethyl adjacent to an activating group) is 1. The molecule has 1 amide bonds. The first-order valence-corrected chi connectivity index (χ1v) is 12.1. The van der Waals surface area contributed by atoms with Crippen LogP contribution in [0.2, 0.25) is 0 Å². The molecule has 0 saturated carbocycles. The molecular formula is C27H34FN3O3. The molecule has 2 heterocycles. The Morgan fingerprint density at radius 1 is 1.32 bits per heavy atom. The molecule has 1 aromatic carbocycles. The van der Waals surface area contributed by atoms with E-state index in [4.69, 9.17) is 4.74 Å². The number of carbonyl (C=O) groups excluding carboxylic acids is 1. The summed E-state index contributed by atoms with van der Waals surface area (Å²) in [7, 11) is 2.00. The number of aliphatic hydroxyl groups excluding tert-OH is 1. The fourth-order valence-electron chi connectivity index (χ4n) is 4.70. The summed E-state index contributed by atoms with van der Waals surface area (Å²) in [5.41, 5.74) is 3.64. The van der Waals surface area contributed by atoms with Crippen molar-refractivity contribution in [1.82, 2.24) is 14.8 Å². The quantitative estimate of drug-likeness (QED) is 0.663. The third-order valence-electron chi connectivity index (χ3n) is 6.79. The molecule has 182 valence electrons. The molecule has 0 radical (unpaired) electrons. The number of fused-ring (bicyclic) bond motifs is 1. The maximum Gasteiger partial charge on any atom is 0.259 e. The van der Waals surface area contributed by atoms with E-state index in [0.717, 1.165) is 30.4 Å². The van der Waals surface area contributed by atoms with Gasteiger partial charge in [0.05, 0.1) is 12.6 Å². The van der Waals surface area contributed by atoms with Gasteiger partial charge in [-0.15, -0.1) is 0 Å². The van der Waals surface area contributed by atoms with Crippen LogP contribution in [0.5, 0.6) is 5.88 Å². The molecule has 0 spiro atoms. The number of benzene rings is 1. The summed E-state index contributed by atoms with van der Waals surface area (Å²) in [6.45, 7) is 5.55. The number of hydrogen-bond acceptors (Lipinski definition) is 5. The van der Waals surface area contributed by atoms with Gasteiger partial charge in [-0.25, -0.2) is 9.37 Å². The first kappa shape index (κ1) is 24.4. The highest BCUT2D eigenvalue weighted by Crippen LogP contribution is 2.32. The average Bonchev–Trinajstić information content (AvgIpc) is 3.37. The van der Waals surface area contributed by atoms with Gasteiger partial charge in [0, 0.05) is 31.7 Å². The third-order valence-corrected chi connectivity index (χ3v) is 6.79. The van der Waals surface area contributed by atoms with Crippen LogP contribution in [0.4, 0.5) is 4.39 Å². The number of allylic oxidation sites excluding steroid dienone is 2. The fourth-order valence-corrected chi connectivity index (χ4v) is 4.70. The van der Waals surface area contributed by atoms with Crippen molar-refractivity contribution in [3.63, 3.8) is 0 Å². The summed E-state index contributed by atoms with van der Waals surface area (Å²) < 4.78 is 19.7. The number of amides is 1. The number of hydrogen-bond donors (Lipinski definition) is 1. The number of rotatable bonds is 7. The maximum atomic E-state index is 13.5. The second-order valence-corrected chi connectivity index (χ2v) is 9.64. The number of aromatic nitrogens is 1. The highest BCUT2D eigenvalue weighted by atomic mass is 19.1. The molecule has 1 aliphatic heterocycles. The van der Waals surface area contributed by atoms with Crippen molar-refractivity contribution in [3.05, 3.63) is 65.1 Å². The molecule has 0 bridgehead atoms. The van der Waals surface area contributed by atoms with E-state index in [-0.39, 0.29) is 36.4 Å². The number of nitrogens with zero attached hydrogens (tertiary/aromatic N) is 3. The molecule has 3 atom stereocenters. The maximum absolute atomic E-state index is 13.5. The van der Waals surface area contributed by atoms with E-state index in [1.807, 2.05) is 20.0 Å². The van der Waals surface area contributed by atoms with Crippen molar-refractivity contribution in [2.45, 2.75) is 51.8 Å². The molecule has 0 saturated heterocycles. The Morgan fingerprint density at radius 3 is 2.76 bits per heavy atom. The smallest absolute Gasteiger partial charge is 0.259 e. The standard InChI is InChI=1S/C27H34FN3O3/c1-18-14-31(19(2)17-32)27(33)24-12-22(21-6-4-5-7-21)13-29-26(24)34-25(18)16-30(3)15-20-8-10-23(28)11-9-20/h6,8-13,18-19,25,32H,4-5,7,14-17H2,1-3H3/t18-,19+,25-/m0/s1. The van der Waals surface area contributed by atoms with Gasteiger partial charge in [0.2, 0.25) is 5.88 Å². The van der Waals surface area contributed by atoms with Crippen LogP contribution in [0.25, 0.3) is 5.57 Å². The van der Waals surface area contributed by atoms with E-state index in [1.54, 1.807) is 23.2 Å². The van der Waals surface area contributed by atoms with Gasteiger partial charge in [-0.3, -0.25) is 9.69 Å². The molecule has 34 heavy (non-hydrogen) atoms. The van der Waals surface area contributed by atoms with Gasteiger partial charge in [0.25, 0.3) is 5.91 Å². The second kappa shape index (κ2) is 10.7. The predicted molar refractivity (Wildman–Crippen MR) is 130 cm³/mol. The first-order chi connectivity index (χ1) is 16.4. The summed E-state index contributed by atoms with van der Waals surface area (Å²) in [4.78, 5) is 22.0. The SMILES string of the molecule is C[C@H](CO)N1C[C@H](C)[C@H](CN(C)Cc2ccc(F)cc2)Oc2ncc(C3=CCCC3)cc2C1=O. The van der Waals surface area contributed by atoms with Crippen molar-refractivity contribution in [1.29, 1.82) is 0 Å². The van der Waals surface area contributed by atoms with E-state index in [1.165, 1.54) is 17.7 Å². The molecule has 0 unspecified atom stereocenters. The topological polar surface area (TPSA) is 65.9 Å². The van der Waals surface area contributed by atoms with E-state index < -0.39 is 0 Å². The van der Waals surface area contributed by atoms with Crippen LogP contribution in [0.3, 0.4) is 0 Å². The van der Waals surface area contributed by atoms with Gasteiger partial charge in [0.1, 0.15) is 17.5 Å². The molecule has 1 aromatic heterocycles. The van der Waals surface area contributed by atoms with Crippen LogP contribution < -0.4 is 4.74 Å². The Morgan fingerprint density at radius 2 is 2.09 bits per heavy atom. The Hall–Kier alpha value is -2.77. The molecule has 2 aliphatic rings. The normalized spacial score (nSPS) is 21.5. The van der Waals surface area contributed by atoms with Crippen LogP contribution in [-0.2, 0) is 6.54 Å². The molecule has 1 aliphatic carbocycles. The molecule has 4 rings (SSSR count). The second-order valence-electron chi connectivity index (χ2n) is 9.64. The zero-order valence-corrected chi connectivity index (χ0v) is 20.2. The zero-order chi connectivity index (χ0) is 24.2. The van der Waals surface area contributed by atoms with Gasteiger partial charge in [-0.1, -0.05) is 25.1 Å². The van der Waals surface area contributed by atoms with E-state index >= 15 is 0 Å². The van der Waals surface area contributed by atoms with Gasteiger partial charge in [-0.2, -0.15) is 0 Å². The fraction of sp³-hybridized carbons (Fsp3) is 0.481. The summed E-state index contributed by atoms with van der Waals surface area (Å²) >= 11 is 0. The summed E-state index contributed by atoms with van der Waals surface area (Å²) in [5.74, 6) is -0.0500.